The number of methoxy groups -OCH3 is 2. The Morgan fingerprint density at radius 1 is 1.20 bits per heavy atom. The van der Waals surface area contributed by atoms with Crippen molar-refractivity contribution < 1.29 is 19.1 Å². The lowest BCUT2D eigenvalue weighted by Crippen LogP contribution is -2.34. The fourth-order valence-electron chi connectivity index (χ4n) is 3.30. The van der Waals surface area contributed by atoms with Crippen molar-refractivity contribution in [1.82, 2.24) is 9.88 Å². The number of thiazole rings is 1. The van der Waals surface area contributed by atoms with Crippen LogP contribution in [0.25, 0.3) is 16.3 Å². The van der Waals surface area contributed by atoms with E-state index in [0.29, 0.717) is 16.6 Å². The molecular formula is C22H21N3O4S. The number of nitrogens with zero attached hydrogens (tertiary/aromatic N) is 2. The summed E-state index contributed by atoms with van der Waals surface area (Å²) in [6.45, 7) is 1.92. The van der Waals surface area contributed by atoms with Crippen LogP contribution in [0, 0.1) is 6.92 Å². The maximum absolute atomic E-state index is 12.7. The number of benzene rings is 2. The Morgan fingerprint density at radius 3 is 2.73 bits per heavy atom. The molecule has 0 bridgehead atoms. The predicted octanol–water partition coefficient (Wildman–Crippen LogP) is 3.62. The molecule has 0 fully saturated rings. The van der Waals surface area contributed by atoms with E-state index in [-0.39, 0.29) is 24.8 Å². The number of aromatic nitrogens is 1. The number of nitrogens with one attached hydrogen (secondary N) is 1. The van der Waals surface area contributed by atoms with E-state index in [1.54, 1.807) is 32.6 Å². The molecular weight excluding hydrogens is 402 g/mol. The number of hydrogen-bond donors (Lipinski definition) is 1. The smallest absolute Gasteiger partial charge is 0.246 e. The maximum atomic E-state index is 12.7. The van der Waals surface area contributed by atoms with Crippen LogP contribution < -0.4 is 14.8 Å². The van der Waals surface area contributed by atoms with E-state index >= 15 is 0 Å². The number of rotatable bonds is 5. The zero-order chi connectivity index (χ0) is 21.3. The molecule has 2 heterocycles. The molecule has 30 heavy (non-hydrogen) atoms. The van der Waals surface area contributed by atoms with Gasteiger partial charge in [0, 0.05) is 6.20 Å². The van der Waals surface area contributed by atoms with E-state index in [9.17, 15) is 9.59 Å². The molecule has 154 valence electrons. The van der Waals surface area contributed by atoms with E-state index < -0.39 is 0 Å². The number of hydrogen-bond acceptors (Lipinski definition) is 6. The van der Waals surface area contributed by atoms with Gasteiger partial charge in [-0.25, -0.2) is 4.98 Å². The van der Waals surface area contributed by atoms with Crippen molar-refractivity contribution in [2.24, 2.45) is 0 Å². The first kappa shape index (κ1) is 19.9. The highest BCUT2D eigenvalue weighted by Gasteiger charge is 2.22. The molecule has 1 aliphatic heterocycles. The van der Waals surface area contributed by atoms with Gasteiger partial charge in [0.1, 0.15) is 6.54 Å². The minimum Gasteiger partial charge on any atom is -0.493 e. The summed E-state index contributed by atoms with van der Waals surface area (Å²) >= 11 is 1.41. The number of anilines is 1. The minimum atomic E-state index is -0.301. The van der Waals surface area contributed by atoms with Gasteiger partial charge in [0.05, 0.1) is 30.9 Å². The molecule has 0 atom stereocenters. The largest absolute Gasteiger partial charge is 0.493 e. The van der Waals surface area contributed by atoms with Gasteiger partial charge in [-0.05, 0) is 54.0 Å². The average molecular weight is 423 g/mol. The summed E-state index contributed by atoms with van der Waals surface area (Å²) in [4.78, 5) is 31.1. The van der Waals surface area contributed by atoms with Crippen LogP contribution >= 0.6 is 11.3 Å². The molecule has 0 spiro atoms. The highest BCUT2D eigenvalue weighted by molar-refractivity contribution is 7.22. The lowest BCUT2D eigenvalue weighted by atomic mass is 10.0. The van der Waals surface area contributed by atoms with Crippen molar-refractivity contribution in [3.8, 4) is 11.5 Å². The van der Waals surface area contributed by atoms with Gasteiger partial charge in [0.2, 0.25) is 11.8 Å². The van der Waals surface area contributed by atoms with Gasteiger partial charge in [0.15, 0.2) is 16.6 Å². The first-order valence-electron chi connectivity index (χ1n) is 9.36. The molecule has 4 rings (SSSR count). The monoisotopic (exact) mass is 423 g/mol. The average Bonchev–Trinajstić information content (AvgIpc) is 3.04. The molecule has 0 radical (unpaired) electrons. The van der Waals surface area contributed by atoms with Crippen LogP contribution in [0.4, 0.5) is 5.13 Å². The molecule has 1 aromatic heterocycles. The summed E-state index contributed by atoms with van der Waals surface area (Å²) < 4.78 is 11.7. The Kier molecular flexibility index (Phi) is 5.41. The van der Waals surface area contributed by atoms with Crippen molar-refractivity contribution in [1.29, 1.82) is 0 Å². The fraction of sp³-hybridized carbons (Fsp3) is 0.227. The summed E-state index contributed by atoms with van der Waals surface area (Å²) in [7, 11) is 3.12. The van der Waals surface area contributed by atoms with Gasteiger partial charge < -0.3 is 19.7 Å². The first-order chi connectivity index (χ1) is 14.5. The van der Waals surface area contributed by atoms with E-state index in [1.165, 1.54) is 16.2 Å². The first-order valence-corrected chi connectivity index (χ1v) is 10.2. The quantitative estimate of drug-likeness (QED) is 0.678. The van der Waals surface area contributed by atoms with Gasteiger partial charge in [-0.3, -0.25) is 9.59 Å². The van der Waals surface area contributed by atoms with Crippen LogP contribution in [0.5, 0.6) is 11.5 Å². The minimum absolute atomic E-state index is 0.0907. The van der Waals surface area contributed by atoms with Crippen molar-refractivity contribution >= 4 is 44.6 Å². The van der Waals surface area contributed by atoms with Gasteiger partial charge in [0.25, 0.3) is 0 Å². The maximum Gasteiger partial charge on any atom is 0.246 e. The summed E-state index contributed by atoms with van der Waals surface area (Å²) in [6, 6.07) is 9.56. The molecule has 0 saturated carbocycles. The van der Waals surface area contributed by atoms with Crippen molar-refractivity contribution in [3.05, 3.63) is 53.2 Å². The summed E-state index contributed by atoms with van der Waals surface area (Å²) in [6.07, 6.45) is 3.59. The van der Waals surface area contributed by atoms with E-state index in [4.69, 9.17) is 9.47 Å². The standard InChI is InChI=1S/C22H21N3O4S/c1-13-4-5-16-19(8-13)30-22(23-16)24-20(26)12-25-7-6-14-9-17(28-2)18(29-3)10-15(14)11-21(25)27/h4-10H,11-12H2,1-3H3,(H,23,24,26). The summed E-state index contributed by atoms with van der Waals surface area (Å²) in [5.74, 6) is 0.678. The van der Waals surface area contributed by atoms with Crippen LogP contribution in [0.2, 0.25) is 0 Å². The van der Waals surface area contributed by atoms with E-state index in [2.05, 4.69) is 10.3 Å². The van der Waals surface area contributed by atoms with Crippen molar-refractivity contribution in [2.45, 2.75) is 13.3 Å². The molecule has 0 aliphatic carbocycles. The van der Waals surface area contributed by atoms with Gasteiger partial charge in [-0.1, -0.05) is 17.4 Å². The van der Waals surface area contributed by atoms with Gasteiger partial charge >= 0.3 is 0 Å². The number of fused-ring (bicyclic) bond motifs is 2. The Balaban J connectivity index is 1.48. The zero-order valence-corrected chi connectivity index (χ0v) is 17.7. The van der Waals surface area contributed by atoms with Crippen LogP contribution in [0.3, 0.4) is 0 Å². The molecule has 1 N–H and O–H groups in total. The topological polar surface area (TPSA) is 80.8 Å². The van der Waals surface area contributed by atoms with Crippen LogP contribution in [0.15, 0.2) is 36.5 Å². The fourth-order valence-corrected chi connectivity index (χ4v) is 4.28. The molecule has 2 amide bonds. The highest BCUT2D eigenvalue weighted by Crippen LogP contribution is 2.33. The predicted molar refractivity (Wildman–Crippen MR) is 117 cm³/mol. The third kappa shape index (κ3) is 3.99. The molecule has 0 saturated heterocycles. The van der Waals surface area contributed by atoms with E-state index in [1.807, 2.05) is 31.2 Å². The van der Waals surface area contributed by atoms with Gasteiger partial charge in [-0.2, -0.15) is 0 Å². The van der Waals surface area contributed by atoms with Crippen molar-refractivity contribution in [2.75, 3.05) is 26.1 Å². The number of carbonyl (C=O) groups is 2. The third-order valence-electron chi connectivity index (χ3n) is 4.85. The zero-order valence-electron chi connectivity index (χ0n) is 16.9. The summed E-state index contributed by atoms with van der Waals surface area (Å²) in [5, 5.41) is 3.32. The molecule has 8 heteroatoms. The summed E-state index contributed by atoms with van der Waals surface area (Å²) in [5.41, 5.74) is 3.64. The van der Waals surface area contributed by atoms with E-state index in [0.717, 1.165) is 26.9 Å². The second-order valence-corrected chi connectivity index (χ2v) is 7.99. The normalized spacial score (nSPS) is 13.2. The lowest BCUT2D eigenvalue weighted by molar-refractivity contribution is -0.131. The SMILES string of the molecule is COc1cc2c(cc1OC)CC(=O)N(CC(=O)Nc1nc3ccc(C)cc3s1)C=C2. The molecule has 0 unspecified atom stereocenters. The number of carbonyl (C=O) groups excluding carboxylic acids is 2. The Morgan fingerprint density at radius 2 is 1.97 bits per heavy atom. The lowest BCUT2D eigenvalue weighted by Gasteiger charge is -2.16. The highest BCUT2D eigenvalue weighted by atomic mass is 32.1. The second kappa shape index (κ2) is 8.16. The number of ether oxygens (including phenoxy) is 2. The van der Waals surface area contributed by atoms with Gasteiger partial charge in [-0.15, -0.1) is 0 Å². The Labute approximate surface area is 177 Å². The molecule has 1 aliphatic rings. The van der Waals surface area contributed by atoms with Crippen LogP contribution in [-0.2, 0) is 16.0 Å². The molecule has 3 aromatic rings. The Hall–Kier alpha value is -3.39. The number of aryl methyl sites for hydroxylation is 1. The van der Waals surface area contributed by atoms with Crippen LogP contribution in [-0.4, -0.2) is 42.5 Å². The van der Waals surface area contributed by atoms with Crippen LogP contribution in [0.1, 0.15) is 16.7 Å². The second-order valence-electron chi connectivity index (χ2n) is 6.96. The third-order valence-corrected chi connectivity index (χ3v) is 5.78. The molecule has 2 aromatic carbocycles. The van der Waals surface area contributed by atoms with Crippen molar-refractivity contribution in [3.63, 3.8) is 0 Å². The number of amides is 2. The Bertz CT molecular complexity index is 1170. The molecule has 7 nitrogen and oxygen atoms in total.